The standard InChI is InChI=1S/C9H14BrN7/c1-3-4-11-7(6-5-12-15-13-6)8-9(10)14-16-17(8)2/h5,7,11H,3-4H2,1-2H3,(H,12,13,15). The van der Waals surface area contributed by atoms with Gasteiger partial charge in [-0.25, -0.2) is 4.68 Å². The molecule has 0 saturated heterocycles. The van der Waals surface area contributed by atoms with E-state index in [9.17, 15) is 0 Å². The van der Waals surface area contributed by atoms with Crippen molar-refractivity contribution in [1.82, 2.24) is 35.7 Å². The minimum Gasteiger partial charge on any atom is -0.304 e. The fraction of sp³-hybridized carbons (Fsp3) is 0.556. The Kier molecular flexibility index (Phi) is 3.85. The zero-order chi connectivity index (χ0) is 12.3. The predicted molar refractivity (Wildman–Crippen MR) is 65.2 cm³/mol. The molecular weight excluding hydrogens is 286 g/mol. The molecule has 0 aliphatic carbocycles. The summed E-state index contributed by atoms with van der Waals surface area (Å²) in [5, 5.41) is 21.9. The summed E-state index contributed by atoms with van der Waals surface area (Å²) in [7, 11) is 1.85. The van der Waals surface area contributed by atoms with E-state index in [4.69, 9.17) is 0 Å². The topological polar surface area (TPSA) is 84.3 Å². The van der Waals surface area contributed by atoms with Crippen molar-refractivity contribution in [2.75, 3.05) is 6.54 Å². The van der Waals surface area contributed by atoms with Gasteiger partial charge in [-0.2, -0.15) is 15.4 Å². The molecule has 2 heterocycles. The first-order valence-corrected chi connectivity index (χ1v) is 6.17. The number of rotatable bonds is 5. The smallest absolute Gasteiger partial charge is 0.153 e. The summed E-state index contributed by atoms with van der Waals surface area (Å²) < 4.78 is 2.45. The molecule has 0 fully saturated rings. The lowest BCUT2D eigenvalue weighted by atomic mass is 10.1. The molecule has 0 amide bonds. The molecule has 2 rings (SSSR count). The normalized spacial score (nSPS) is 12.9. The van der Waals surface area contributed by atoms with E-state index in [2.05, 4.69) is 53.9 Å². The third kappa shape index (κ3) is 2.52. The van der Waals surface area contributed by atoms with Crippen molar-refractivity contribution in [2.45, 2.75) is 19.4 Å². The highest BCUT2D eigenvalue weighted by atomic mass is 79.9. The average Bonchev–Trinajstić information content (AvgIpc) is 2.93. The van der Waals surface area contributed by atoms with Gasteiger partial charge in [-0.05, 0) is 28.9 Å². The van der Waals surface area contributed by atoms with Gasteiger partial charge in [0.1, 0.15) is 5.69 Å². The number of nitrogens with zero attached hydrogens (tertiary/aromatic N) is 5. The Balaban J connectivity index is 2.33. The van der Waals surface area contributed by atoms with Crippen molar-refractivity contribution in [2.24, 2.45) is 7.05 Å². The van der Waals surface area contributed by atoms with Crippen LogP contribution in [0, 0.1) is 0 Å². The molecule has 0 spiro atoms. The van der Waals surface area contributed by atoms with Crippen LogP contribution in [0.5, 0.6) is 0 Å². The first-order chi connectivity index (χ1) is 8.24. The molecule has 17 heavy (non-hydrogen) atoms. The first kappa shape index (κ1) is 12.2. The molecule has 0 radical (unpaired) electrons. The van der Waals surface area contributed by atoms with Gasteiger partial charge < -0.3 is 5.32 Å². The highest BCUT2D eigenvalue weighted by Gasteiger charge is 2.23. The largest absolute Gasteiger partial charge is 0.304 e. The lowest BCUT2D eigenvalue weighted by molar-refractivity contribution is 0.539. The lowest BCUT2D eigenvalue weighted by Crippen LogP contribution is -2.26. The molecule has 0 aromatic carbocycles. The van der Waals surface area contributed by atoms with E-state index in [0.717, 1.165) is 29.0 Å². The van der Waals surface area contributed by atoms with Gasteiger partial charge in [0, 0.05) is 7.05 Å². The molecule has 2 aromatic rings. The molecule has 2 aromatic heterocycles. The molecule has 92 valence electrons. The highest BCUT2D eigenvalue weighted by Crippen LogP contribution is 2.24. The summed E-state index contributed by atoms with van der Waals surface area (Å²) >= 11 is 3.40. The van der Waals surface area contributed by atoms with Crippen molar-refractivity contribution in [3.63, 3.8) is 0 Å². The van der Waals surface area contributed by atoms with Gasteiger partial charge in [-0.1, -0.05) is 12.1 Å². The van der Waals surface area contributed by atoms with Crippen LogP contribution >= 0.6 is 15.9 Å². The van der Waals surface area contributed by atoms with Crippen LogP contribution in [-0.4, -0.2) is 36.9 Å². The minimum atomic E-state index is -0.0666. The Morgan fingerprint density at radius 2 is 2.41 bits per heavy atom. The van der Waals surface area contributed by atoms with Crippen LogP contribution in [-0.2, 0) is 7.05 Å². The Hall–Kier alpha value is -1.28. The second kappa shape index (κ2) is 5.37. The fourth-order valence-electron chi connectivity index (χ4n) is 1.62. The van der Waals surface area contributed by atoms with Crippen molar-refractivity contribution >= 4 is 15.9 Å². The van der Waals surface area contributed by atoms with Crippen molar-refractivity contribution in [3.05, 3.63) is 22.2 Å². The van der Waals surface area contributed by atoms with E-state index in [-0.39, 0.29) is 6.04 Å². The number of aromatic amines is 1. The molecule has 2 N–H and O–H groups in total. The lowest BCUT2D eigenvalue weighted by Gasteiger charge is -2.15. The second-order valence-electron chi connectivity index (χ2n) is 3.67. The maximum atomic E-state index is 4.12. The monoisotopic (exact) mass is 299 g/mol. The summed E-state index contributed by atoms with van der Waals surface area (Å²) in [4.78, 5) is 0. The number of aromatic nitrogens is 6. The van der Waals surface area contributed by atoms with Gasteiger partial charge in [-0.15, -0.1) is 5.10 Å². The zero-order valence-electron chi connectivity index (χ0n) is 9.68. The summed E-state index contributed by atoms with van der Waals surface area (Å²) in [6, 6.07) is -0.0666. The fourth-order valence-corrected chi connectivity index (χ4v) is 2.18. The SMILES string of the molecule is CCCNC(c1cn[nH]n1)c1c(Br)nnn1C. The zero-order valence-corrected chi connectivity index (χ0v) is 11.3. The molecule has 0 saturated carbocycles. The van der Waals surface area contributed by atoms with E-state index < -0.39 is 0 Å². The van der Waals surface area contributed by atoms with Crippen LogP contribution in [0.1, 0.15) is 30.8 Å². The molecule has 1 unspecified atom stereocenters. The van der Waals surface area contributed by atoms with Crippen molar-refractivity contribution in [1.29, 1.82) is 0 Å². The van der Waals surface area contributed by atoms with Gasteiger partial charge in [0.15, 0.2) is 4.60 Å². The van der Waals surface area contributed by atoms with E-state index in [1.807, 2.05) is 7.05 Å². The molecule has 0 aliphatic rings. The highest BCUT2D eigenvalue weighted by molar-refractivity contribution is 9.10. The van der Waals surface area contributed by atoms with Crippen molar-refractivity contribution < 1.29 is 0 Å². The quantitative estimate of drug-likeness (QED) is 0.852. The van der Waals surface area contributed by atoms with Gasteiger partial charge in [0.2, 0.25) is 0 Å². The summed E-state index contributed by atoms with van der Waals surface area (Å²) in [5.74, 6) is 0. The molecule has 7 nitrogen and oxygen atoms in total. The number of H-pyrrole nitrogens is 1. The number of hydrogen-bond acceptors (Lipinski definition) is 5. The van der Waals surface area contributed by atoms with E-state index >= 15 is 0 Å². The number of aryl methyl sites for hydroxylation is 1. The maximum absolute atomic E-state index is 4.12. The predicted octanol–water partition coefficient (Wildman–Crippen LogP) is 0.785. The van der Waals surface area contributed by atoms with Gasteiger partial charge >= 0.3 is 0 Å². The Morgan fingerprint density at radius 1 is 1.59 bits per heavy atom. The molecular formula is C9H14BrN7. The third-order valence-electron chi connectivity index (χ3n) is 2.43. The molecule has 1 atom stereocenters. The molecule has 0 bridgehead atoms. The number of halogens is 1. The number of nitrogens with one attached hydrogen (secondary N) is 2. The summed E-state index contributed by atoms with van der Waals surface area (Å²) in [5.41, 5.74) is 1.76. The maximum Gasteiger partial charge on any atom is 0.153 e. The third-order valence-corrected chi connectivity index (χ3v) is 2.99. The van der Waals surface area contributed by atoms with Crippen LogP contribution in [0.2, 0.25) is 0 Å². The second-order valence-corrected chi connectivity index (χ2v) is 4.42. The average molecular weight is 300 g/mol. The Morgan fingerprint density at radius 3 is 2.94 bits per heavy atom. The van der Waals surface area contributed by atoms with Gasteiger partial charge in [0.25, 0.3) is 0 Å². The van der Waals surface area contributed by atoms with E-state index in [0.29, 0.717) is 0 Å². The minimum absolute atomic E-state index is 0.0666. The van der Waals surface area contributed by atoms with Gasteiger partial charge in [-0.3, -0.25) is 0 Å². The molecule has 0 aliphatic heterocycles. The van der Waals surface area contributed by atoms with E-state index in [1.54, 1.807) is 10.9 Å². The van der Waals surface area contributed by atoms with Crippen LogP contribution in [0.3, 0.4) is 0 Å². The van der Waals surface area contributed by atoms with Crippen LogP contribution in [0.15, 0.2) is 10.8 Å². The van der Waals surface area contributed by atoms with Crippen LogP contribution in [0.25, 0.3) is 0 Å². The number of hydrogen-bond donors (Lipinski definition) is 2. The van der Waals surface area contributed by atoms with Crippen LogP contribution in [0.4, 0.5) is 0 Å². The van der Waals surface area contributed by atoms with Crippen molar-refractivity contribution in [3.8, 4) is 0 Å². The summed E-state index contributed by atoms with van der Waals surface area (Å²) in [6.07, 6.45) is 2.74. The Labute approximate surface area is 107 Å². The summed E-state index contributed by atoms with van der Waals surface area (Å²) in [6.45, 7) is 3.00. The Bertz CT molecular complexity index is 444. The van der Waals surface area contributed by atoms with Gasteiger partial charge in [0.05, 0.1) is 17.9 Å². The van der Waals surface area contributed by atoms with Crippen LogP contribution < -0.4 is 5.32 Å². The first-order valence-electron chi connectivity index (χ1n) is 5.38. The van der Waals surface area contributed by atoms with E-state index in [1.165, 1.54) is 0 Å². The molecule has 8 heteroatoms.